The zero-order chi connectivity index (χ0) is 24.1. The zero-order valence-electron chi connectivity index (χ0n) is 19.8. The van der Waals surface area contributed by atoms with E-state index in [4.69, 9.17) is 0 Å². The maximum atomic E-state index is 13.3. The molecule has 1 aromatic rings. The topological polar surface area (TPSA) is 52.7 Å². The minimum absolute atomic E-state index is 0.125. The van der Waals surface area contributed by atoms with Gasteiger partial charge in [0, 0.05) is 38.3 Å². The molecule has 3 fully saturated rings. The minimum Gasteiger partial charge on any atom is -0.354 e. The first-order chi connectivity index (χ1) is 16.3. The normalized spacial score (nSPS) is 22.0. The Morgan fingerprint density at radius 2 is 1.47 bits per heavy atom. The lowest BCUT2D eigenvalue weighted by atomic mass is 9.89. The minimum atomic E-state index is -4.42. The van der Waals surface area contributed by atoms with Crippen molar-refractivity contribution < 1.29 is 22.8 Å². The number of halogens is 3. The number of hydrogen-bond acceptors (Lipinski definition) is 3. The molecule has 0 radical (unpaired) electrons. The smallest absolute Gasteiger partial charge is 0.354 e. The quantitative estimate of drug-likeness (QED) is 0.643. The molecule has 2 saturated carbocycles. The monoisotopic (exact) mass is 479 g/mol. The van der Waals surface area contributed by atoms with Crippen LogP contribution < -0.4 is 5.32 Å². The second-order valence-electron chi connectivity index (χ2n) is 10.1. The van der Waals surface area contributed by atoms with Crippen LogP contribution in [0.25, 0.3) is 0 Å². The molecule has 0 aromatic heterocycles. The molecule has 2 amide bonds. The number of rotatable bonds is 6. The third-order valence-electron chi connectivity index (χ3n) is 7.86. The molecular formula is C26H36F3N3O2. The van der Waals surface area contributed by atoms with Gasteiger partial charge in [0.15, 0.2) is 0 Å². The van der Waals surface area contributed by atoms with E-state index in [2.05, 4.69) is 10.2 Å². The predicted molar refractivity (Wildman–Crippen MR) is 124 cm³/mol. The standard InChI is InChI=1S/C26H36F3N3O2/c27-26(28,29)22-12-10-21(11-13-22)25(34)32-16-14-31(15-17-32)23(20-8-4-5-9-20)24(33)30-18-19-6-2-1-3-7-19/h10-13,19-20,23H,1-9,14-18H2,(H,30,33)/t23-/m0/s1. The molecule has 1 N–H and O–H groups in total. The van der Waals surface area contributed by atoms with Crippen LogP contribution in [0.1, 0.15) is 73.7 Å². The summed E-state index contributed by atoms with van der Waals surface area (Å²) in [4.78, 5) is 30.1. The number of alkyl halides is 3. The van der Waals surface area contributed by atoms with Crippen LogP contribution in [-0.2, 0) is 11.0 Å². The second-order valence-corrected chi connectivity index (χ2v) is 10.1. The van der Waals surface area contributed by atoms with Crippen molar-refractivity contribution in [2.24, 2.45) is 11.8 Å². The van der Waals surface area contributed by atoms with Crippen LogP contribution in [0.15, 0.2) is 24.3 Å². The van der Waals surface area contributed by atoms with Crippen molar-refractivity contribution in [3.05, 3.63) is 35.4 Å². The van der Waals surface area contributed by atoms with Crippen molar-refractivity contribution in [1.82, 2.24) is 15.1 Å². The Labute approximate surface area is 200 Å². The van der Waals surface area contributed by atoms with E-state index < -0.39 is 11.7 Å². The third-order valence-corrected chi connectivity index (χ3v) is 7.86. The van der Waals surface area contributed by atoms with Gasteiger partial charge in [0.2, 0.25) is 5.91 Å². The highest BCUT2D eigenvalue weighted by molar-refractivity contribution is 5.94. The van der Waals surface area contributed by atoms with Crippen molar-refractivity contribution in [3.8, 4) is 0 Å². The zero-order valence-corrected chi connectivity index (χ0v) is 19.8. The summed E-state index contributed by atoms with van der Waals surface area (Å²) in [7, 11) is 0. The summed E-state index contributed by atoms with van der Waals surface area (Å²) in [6.07, 6.45) is 6.21. The molecule has 1 atom stereocenters. The lowest BCUT2D eigenvalue weighted by Gasteiger charge is -2.41. The number of carbonyl (C=O) groups is 2. The fourth-order valence-corrected chi connectivity index (χ4v) is 5.88. The van der Waals surface area contributed by atoms with Gasteiger partial charge >= 0.3 is 6.18 Å². The number of amides is 2. The molecule has 1 saturated heterocycles. The van der Waals surface area contributed by atoms with Crippen molar-refractivity contribution in [2.75, 3.05) is 32.7 Å². The summed E-state index contributed by atoms with van der Waals surface area (Å²) in [6, 6.07) is 4.25. The molecule has 3 aliphatic rings. The van der Waals surface area contributed by atoms with Crippen LogP contribution >= 0.6 is 0 Å². The van der Waals surface area contributed by atoms with E-state index in [-0.39, 0.29) is 23.4 Å². The van der Waals surface area contributed by atoms with E-state index in [0.717, 1.165) is 44.4 Å². The van der Waals surface area contributed by atoms with Crippen LogP contribution in [0, 0.1) is 11.8 Å². The maximum absolute atomic E-state index is 13.3. The molecule has 0 unspecified atom stereocenters. The fraction of sp³-hybridized carbons (Fsp3) is 0.692. The van der Waals surface area contributed by atoms with Gasteiger partial charge in [0.1, 0.15) is 0 Å². The van der Waals surface area contributed by atoms with Crippen LogP contribution in [0.4, 0.5) is 13.2 Å². The van der Waals surface area contributed by atoms with E-state index in [1.807, 2.05) is 0 Å². The lowest BCUT2D eigenvalue weighted by molar-refractivity contribution is -0.137. The van der Waals surface area contributed by atoms with Crippen molar-refractivity contribution in [1.29, 1.82) is 0 Å². The summed E-state index contributed by atoms with van der Waals surface area (Å²) in [5.74, 6) is 0.802. The molecule has 2 aliphatic carbocycles. The van der Waals surface area contributed by atoms with Gasteiger partial charge in [0.25, 0.3) is 5.91 Å². The largest absolute Gasteiger partial charge is 0.416 e. The predicted octanol–water partition coefficient (Wildman–Crippen LogP) is 4.72. The number of hydrogen-bond donors (Lipinski definition) is 1. The van der Waals surface area contributed by atoms with E-state index in [1.54, 1.807) is 4.90 Å². The number of nitrogens with one attached hydrogen (secondary N) is 1. The van der Waals surface area contributed by atoms with Crippen LogP contribution in [0.2, 0.25) is 0 Å². The summed E-state index contributed by atoms with van der Waals surface area (Å²) in [6.45, 7) is 2.90. The first kappa shape index (κ1) is 25.0. The number of carbonyl (C=O) groups excluding carboxylic acids is 2. The Morgan fingerprint density at radius 3 is 2.06 bits per heavy atom. The number of nitrogens with zero attached hydrogens (tertiary/aromatic N) is 2. The average Bonchev–Trinajstić information content (AvgIpc) is 3.37. The summed E-state index contributed by atoms with van der Waals surface area (Å²) in [5.41, 5.74) is -0.494. The van der Waals surface area contributed by atoms with E-state index in [1.165, 1.54) is 44.2 Å². The summed E-state index contributed by atoms with van der Waals surface area (Å²) >= 11 is 0. The Bertz CT molecular complexity index is 823. The van der Waals surface area contributed by atoms with Gasteiger partial charge < -0.3 is 10.2 Å². The Morgan fingerprint density at radius 1 is 0.882 bits per heavy atom. The molecule has 8 heteroatoms. The highest BCUT2D eigenvalue weighted by Crippen LogP contribution is 2.32. The Balaban J connectivity index is 1.34. The van der Waals surface area contributed by atoms with Crippen molar-refractivity contribution in [2.45, 2.75) is 70.0 Å². The highest BCUT2D eigenvalue weighted by atomic mass is 19.4. The second kappa shape index (κ2) is 11.1. The molecule has 0 spiro atoms. The van der Waals surface area contributed by atoms with Crippen LogP contribution in [-0.4, -0.2) is 60.4 Å². The van der Waals surface area contributed by atoms with Crippen LogP contribution in [0.5, 0.6) is 0 Å². The molecule has 34 heavy (non-hydrogen) atoms. The van der Waals surface area contributed by atoms with E-state index >= 15 is 0 Å². The maximum Gasteiger partial charge on any atom is 0.416 e. The van der Waals surface area contributed by atoms with E-state index in [9.17, 15) is 22.8 Å². The van der Waals surface area contributed by atoms with E-state index in [0.29, 0.717) is 38.0 Å². The Hall–Kier alpha value is -2.09. The van der Waals surface area contributed by atoms with Crippen molar-refractivity contribution in [3.63, 3.8) is 0 Å². The average molecular weight is 480 g/mol. The molecule has 188 valence electrons. The molecule has 1 heterocycles. The van der Waals surface area contributed by atoms with Gasteiger partial charge in [-0.2, -0.15) is 13.2 Å². The molecule has 0 bridgehead atoms. The summed E-state index contributed by atoms with van der Waals surface area (Å²) < 4.78 is 38.4. The molecular weight excluding hydrogens is 443 g/mol. The molecule has 5 nitrogen and oxygen atoms in total. The molecule has 1 aromatic carbocycles. The first-order valence-electron chi connectivity index (χ1n) is 12.8. The number of benzene rings is 1. The number of piperazine rings is 1. The molecule has 1 aliphatic heterocycles. The third kappa shape index (κ3) is 6.12. The van der Waals surface area contributed by atoms with Crippen molar-refractivity contribution >= 4 is 11.8 Å². The van der Waals surface area contributed by atoms with Crippen LogP contribution in [0.3, 0.4) is 0 Å². The van der Waals surface area contributed by atoms with Gasteiger partial charge in [-0.15, -0.1) is 0 Å². The summed E-state index contributed by atoms with van der Waals surface area (Å²) in [5, 5.41) is 3.25. The highest BCUT2D eigenvalue weighted by Gasteiger charge is 2.37. The fourth-order valence-electron chi connectivity index (χ4n) is 5.88. The van der Waals surface area contributed by atoms with Gasteiger partial charge in [-0.25, -0.2) is 0 Å². The Kier molecular flexibility index (Phi) is 8.17. The lowest BCUT2D eigenvalue weighted by Crippen LogP contribution is -2.58. The van der Waals surface area contributed by atoms with Gasteiger partial charge in [-0.3, -0.25) is 14.5 Å². The molecule has 4 rings (SSSR count). The van der Waals surface area contributed by atoms with Gasteiger partial charge in [-0.05, 0) is 61.8 Å². The van der Waals surface area contributed by atoms with Gasteiger partial charge in [0.05, 0.1) is 11.6 Å². The van der Waals surface area contributed by atoms with Gasteiger partial charge in [-0.1, -0.05) is 32.1 Å². The first-order valence-corrected chi connectivity index (χ1v) is 12.8. The SMILES string of the molecule is O=C(NCC1CCCCC1)[C@H](C1CCCC1)N1CCN(C(=O)c2ccc(C(F)(F)F)cc2)CC1.